The van der Waals surface area contributed by atoms with Crippen molar-refractivity contribution in [2.75, 3.05) is 19.6 Å². The molecule has 1 amide bonds. The first-order valence-corrected chi connectivity index (χ1v) is 9.57. The summed E-state index contributed by atoms with van der Waals surface area (Å²) in [5, 5.41) is 17.5. The van der Waals surface area contributed by atoms with Crippen molar-refractivity contribution in [2.45, 2.75) is 66.0 Å². The Bertz CT molecular complexity index is 605. The van der Waals surface area contributed by atoms with E-state index in [1.54, 1.807) is 0 Å². The van der Waals surface area contributed by atoms with Gasteiger partial charge in [-0.3, -0.25) is 0 Å². The molecule has 0 fully saturated rings. The van der Waals surface area contributed by atoms with Crippen molar-refractivity contribution in [1.82, 2.24) is 30.7 Å². The monoisotopic (exact) mass is 381 g/mol. The smallest absolute Gasteiger partial charge is 0.407 e. The molecule has 0 saturated carbocycles. The summed E-state index contributed by atoms with van der Waals surface area (Å²) in [7, 11) is 1.93. The van der Waals surface area contributed by atoms with Crippen LogP contribution in [0.4, 0.5) is 4.79 Å². The molecule has 27 heavy (non-hydrogen) atoms. The van der Waals surface area contributed by atoms with Gasteiger partial charge in [0.15, 0.2) is 11.8 Å². The molecule has 0 radical (unpaired) electrons. The van der Waals surface area contributed by atoms with Gasteiger partial charge in [0.05, 0.1) is 0 Å². The Labute approximate surface area is 162 Å². The Morgan fingerprint density at radius 2 is 1.74 bits per heavy atom. The number of hydrogen-bond donors (Lipinski definition) is 3. The number of nitrogens with one attached hydrogen (secondary N) is 3. The second kappa shape index (κ2) is 11.4. The number of rotatable bonds is 9. The van der Waals surface area contributed by atoms with E-state index in [2.05, 4.69) is 38.1 Å². The van der Waals surface area contributed by atoms with Crippen molar-refractivity contribution in [3.05, 3.63) is 11.6 Å². The number of aliphatic imine (C=N–C) groups is 1. The maximum atomic E-state index is 11.6. The number of aryl methyl sites for hydroxylation is 1. The fourth-order valence-electron chi connectivity index (χ4n) is 2.10. The molecule has 0 aliphatic rings. The van der Waals surface area contributed by atoms with Gasteiger partial charge in [0.2, 0.25) is 0 Å². The van der Waals surface area contributed by atoms with Crippen molar-refractivity contribution in [2.24, 2.45) is 12.0 Å². The average molecular weight is 382 g/mol. The average Bonchev–Trinajstić information content (AvgIpc) is 2.89. The van der Waals surface area contributed by atoms with Crippen molar-refractivity contribution < 1.29 is 9.53 Å². The summed E-state index contributed by atoms with van der Waals surface area (Å²) in [5.41, 5.74) is -0.483. The number of carbonyl (C=O) groups is 1. The summed E-state index contributed by atoms with van der Waals surface area (Å²) >= 11 is 0. The van der Waals surface area contributed by atoms with Gasteiger partial charge in [0.25, 0.3) is 0 Å². The quantitative estimate of drug-likeness (QED) is 0.343. The number of amides is 1. The molecule has 0 aliphatic heterocycles. The molecule has 0 atom stereocenters. The van der Waals surface area contributed by atoms with E-state index in [-0.39, 0.29) is 0 Å². The lowest BCUT2D eigenvalue weighted by atomic mass is 10.2. The molecule has 1 aromatic heterocycles. The highest BCUT2D eigenvalue weighted by Gasteiger charge is 2.15. The van der Waals surface area contributed by atoms with Gasteiger partial charge >= 0.3 is 6.09 Å². The maximum Gasteiger partial charge on any atom is 0.407 e. The molecule has 154 valence electrons. The van der Waals surface area contributed by atoms with Crippen molar-refractivity contribution in [1.29, 1.82) is 0 Å². The van der Waals surface area contributed by atoms with E-state index >= 15 is 0 Å². The molecule has 0 spiro atoms. The second-order valence-corrected chi connectivity index (χ2v) is 7.38. The molecule has 0 unspecified atom stereocenters. The summed E-state index contributed by atoms with van der Waals surface area (Å²) in [6.45, 7) is 12.1. The number of aromatic nitrogens is 3. The lowest BCUT2D eigenvalue weighted by molar-refractivity contribution is 0.0527. The molecule has 3 N–H and O–H groups in total. The van der Waals surface area contributed by atoms with Crippen LogP contribution in [0.5, 0.6) is 0 Å². The van der Waals surface area contributed by atoms with Crippen LogP contribution >= 0.6 is 0 Å². The molecule has 9 nitrogen and oxygen atoms in total. The first-order chi connectivity index (χ1) is 12.7. The number of ether oxygens (including phenoxy) is 1. The highest BCUT2D eigenvalue weighted by atomic mass is 16.6. The number of guanidine groups is 1. The van der Waals surface area contributed by atoms with E-state index in [0.717, 1.165) is 43.4 Å². The topological polar surface area (TPSA) is 105 Å². The molecule has 0 aliphatic carbocycles. The van der Waals surface area contributed by atoms with Crippen LogP contribution in [-0.4, -0.2) is 52.1 Å². The normalized spacial score (nSPS) is 12.0. The Balaban J connectivity index is 2.42. The number of unbranched alkanes of at least 4 members (excludes halogenated alkanes) is 1. The van der Waals surface area contributed by atoms with Crippen LogP contribution in [0.2, 0.25) is 0 Å². The summed E-state index contributed by atoms with van der Waals surface area (Å²) in [5.74, 6) is 2.42. The number of nitrogens with zero attached hydrogens (tertiary/aromatic N) is 4. The number of alkyl carbamates (subject to hydrolysis) is 1. The lowest BCUT2D eigenvalue weighted by Gasteiger charge is -2.19. The van der Waals surface area contributed by atoms with E-state index in [1.165, 1.54) is 0 Å². The van der Waals surface area contributed by atoms with E-state index < -0.39 is 11.7 Å². The second-order valence-electron chi connectivity index (χ2n) is 7.38. The standard InChI is InChI=1S/C18H35N7O2/c1-7-8-10-19-16(22-13-15-24-23-14(2)25(15)6)20-11-9-12-21-17(26)27-18(3,4)5/h7-13H2,1-6H3,(H,21,26)(H2,19,20,22). The van der Waals surface area contributed by atoms with E-state index in [4.69, 9.17) is 4.74 Å². The van der Waals surface area contributed by atoms with Crippen molar-refractivity contribution >= 4 is 12.1 Å². The Hall–Kier alpha value is -2.32. The lowest BCUT2D eigenvalue weighted by Crippen LogP contribution is -2.39. The summed E-state index contributed by atoms with van der Waals surface area (Å²) in [6.07, 6.45) is 2.55. The predicted molar refractivity (Wildman–Crippen MR) is 107 cm³/mol. The van der Waals surface area contributed by atoms with Crippen LogP contribution in [0.3, 0.4) is 0 Å². The first kappa shape index (κ1) is 22.7. The minimum absolute atomic E-state index is 0.393. The van der Waals surface area contributed by atoms with Crippen LogP contribution in [0.1, 0.15) is 58.6 Å². The highest BCUT2D eigenvalue weighted by Crippen LogP contribution is 2.06. The summed E-state index contributed by atoms with van der Waals surface area (Å²) in [4.78, 5) is 16.2. The van der Waals surface area contributed by atoms with Gasteiger partial charge in [-0.15, -0.1) is 10.2 Å². The van der Waals surface area contributed by atoms with Crippen molar-refractivity contribution in [3.63, 3.8) is 0 Å². The molecular weight excluding hydrogens is 346 g/mol. The van der Waals surface area contributed by atoms with Crippen LogP contribution in [-0.2, 0) is 18.3 Å². The Morgan fingerprint density at radius 3 is 2.30 bits per heavy atom. The zero-order chi connectivity index (χ0) is 20.3. The van der Waals surface area contributed by atoms with Gasteiger partial charge in [-0.2, -0.15) is 0 Å². The zero-order valence-corrected chi connectivity index (χ0v) is 17.6. The molecule has 1 rings (SSSR count). The van der Waals surface area contributed by atoms with Gasteiger partial charge in [-0.05, 0) is 40.5 Å². The molecule has 0 aromatic carbocycles. The van der Waals surface area contributed by atoms with Crippen LogP contribution in [0, 0.1) is 6.92 Å². The number of carbonyl (C=O) groups excluding carboxylic acids is 1. The third-order valence-electron chi connectivity index (χ3n) is 3.70. The van der Waals surface area contributed by atoms with E-state index in [9.17, 15) is 4.79 Å². The van der Waals surface area contributed by atoms with Crippen LogP contribution in [0.25, 0.3) is 0 Å². The highest BCUT2D eigenvalue weighted by molar-refractivity contribution is 5.79. The summed E-state index contributed by atoms with van der Waals surface area (Å²) < 4.78 is 7.14. The molecular formula is C18H35N7O2. The zero-order valence-electron chi connectivity index (χ0n) is 17.6. The minimum Gasteiger partial charge on any atom is -0.444 e. The third kappa shape index (κ3) is 9.81. The maximum absolute atomic E-state index is 11.6. The third-order valence-corrected chi connectivity index (χ3v) is 3.70. The van der Waals surface area contributed by atoms with Gasteiger partial charge in [0.1, 0.15) is 18.0 Å². The Morgan fingerprint density at radius 1 is 1.11 bits per heavy atom. The molecule has 1 aromatic rings. The first-order valence-electron chi connectivity index (χ1n) is 9.57. The number of hydrogen-bond acceptors (Lipinski definition) is 5. The van der Waals surface area contributed by atoms with Crippen LogP contribution < -0.4 is 16.0 Å². The van der Waals surface area contributed by atoms with Gasteiger partial charge in [-0.25, -0.2) is 9.79 Å². The largest absolute Gasteiger partial charge is 0.444 e. The van der Waals surface area contributed by atoms with Gasteiger partial charge < -0.3 is 25.3 Å². The van der Waals surface area contributed by atoms with E-state index in [0.29, 0.717) is 19.6 Å². The SMILES string of the molecule is CCCCNC(=NCc1nnc(C)n1C)NCCCNC(=O)OC(C)(C)C. The summed E-state index contributed by atoms with van der Waals surface area (Å²) in [6, 6.07) is 0. The van der Waals surface area contributed by atoms with Crippen molar-refractivity contribution in [3.8, 4) is 0 Å². The predicted octanol–water partition coefficient (Wildman–Crippen LogP) is 1.87. The van der Waals surface area contributed by atoms with Gasteiger partial charge in [-0.1, -0.05) is 13.3 Å². The molecule has 1 heterocycles. The Kier molecular flexibility index (Phi) is 9.60. The fourth-order valence-corrected chi connectivity index (χ4v) is 2.10. The minimum atomic E-state index is -0.483. The fraction of sp³-hybridized carbons (Fsp3) is 0.778. The molecule has 0 bridgehead atoms. The van der Waals surface area contributed by atoms with E-state index in [1.807, 2.05) is 39.3 Å². The van der Waals surface area contributed by atoms with Gasteiger partial charge in [0, 0.05) is 26.7 Å². The molecule has 9 heteroatoms. The molecule has 0 saturated heterocycles. The van der Waals surface area contributed by atoms with Crippen LogP contribution in [0.15, 0.2) is 4.99 Å².